The largest absolute Gasteiger partial charge is 0.478 e. The van der Waals surface area contributed by atoms with Gasteiger partial charge in [0.2, 0.25) is 0 Å². The lowest BCUT2D eigenvalue weighted by Crippen LogP contribution is -2.22. The van der Waals surface area contributed by atoms with Crippen LogP contribution in [0.2, 0.25) is 0 Å². The first-order chi connectivity index (χ1) is 15.5. The number of benzene rings is 2. The zero-order valence-corrected chi connectivity index (χ0v) is 20.1. The van der Waals surface area contributed by atoms with Crippen molar-refractivity contribution >= 4 is 29.7 Å². The molecule has 0 bridgehead atoms. The quantitative estimate of drug-likeness (QED) is 0.309. The minimum atomic E-state index is -0.920. The molecule has 4 aromatic rings. The molecule has 5 nitrogen and oxygen atoms in total. The lowest BCUT2D eigenvalue weighted by molar-refractivity contribution is 0.0697. The van der Waals surface area contributed by atoms with Gasteiger partial charge in [-0.1, -0.05) is 56.3 Å². The van der Waals surface area contributed by atoms with E-state index in [0.29, 0.717) is 18.3 Å². The van der Waals surface area contributed by atoms with Crippen molar-refractivity contribution in [2.45, 2.75) is 32.4 Å². The molecular weight excluding hydrogens is 454 g/mol. The van der Waals surface area contributed by atoms with E-state index >= 15 is 0 Å². The van der Waals surface area contributed by atoms with Crippen LogP contribution in [0.1, 0.15) is 57.9 Å². The van der Waals surface area contributed by atoms with Crippen molar-refractivity contribution in [3.8, 4) is 11.4 Å². The fourth-order valence-electron chi connectivity index (χ4n) is 3.48. The van der Waals surface area contributed by atoms with E-state index in [-0.39, 0.29) is 24.0 Å². The summed E-state index contributed by atoms with van der Waals surface area (Å²) in [5, 5.41) is 14.7. The van der Waals surface area contributed by atoms with E-state index in [0.717, 1.165) is 21.7 Å². The monoisotopic (exact) mass is 479 g/mol. The number of hydrogen-bond acceptors (Lipinski definition) is 5. The number of carboxylic acids is 1. The van der Waals surface area contributed by atoms with Crippen LogP contribution in [0.25, 0.3) is 11.4 Å². The van der Waals surface area contributed by atoms with Gasteiger partial charge in [0.25, 0.3) is 0 Å². The topological polar surface area (TPSA) is 75.1 Å². The average molecular weight is 480 g/mol. The summed E-state index contributed by atoms with van der Waals surface area (Å²) in [6.45, 7) is 4.95. The molecule has 7 heteroatoms. The maximum atomic E-state index is 11.1. The number of carbonyl (C=O) groups is 1. The number of thiophene rings is 1. The summed E-state index contributed by atoms with van der Waals surface area (Å²) < 4.78 is 0. The summed E-state index contributed by atoms with van der Waals surface area (Å²) >= 11 is 1.67. The van der Waals surface area contributed by atoms with Gasteiger partial charge in [0.05, 0.1) is 17.3 Å². The van der Waals surface area contributed by atoms with E-state index in [1.165, 1.54) is 5.56 Å². The number of hydrogen-bond donors (Lipinski definition) is 2. The fraction of sp³-hybridized carbons (Fsp3) is 0.192. The minimum Gasteiger partial charge on any atom is -0.478 e. The summed E-state index contributed by atoms with van der Waals surface area (Å²) in [5.74, 6) is 0.260. The van der Waals surface area contributed by atoms with Gasteiger partial charge in [0, 0.05) is 23.2 Å². The molecule has 33 heavy (non-hydrogen) atoms. The van der Waals surface area contributed by atoms with Crippen LogP contribution >= 0.6 is 23.7 Å². The normalized spacial score (nSPS) is 11.7. The number of nitrogens with zero attached hydrogens (tertiary/aromatic N) is 2. The van der Waals surface area contributed by atoms with Gasteiger partial charge in [-0.2, -0.15) is 0 Å². The first kappa shape index (κ1) is 24.6. The van der Waals surface area contributed by atoms with Crippen molar-refractivity contribution in [1.29, 1.82) is 0 Å². The van der Waals surface area contributed by atoms with Crippen LogP contribution in [-0.4, -0.2) is 21.0 Å². The first-order valence-electron chi connectivity index (χ1n) is 10.5. The lowest BCUT2D eigenvalue weighted by atomic mass is 10.0. The van der Waals surface area contributed by atoms with Crippen molar-refractivity contribution < 1.29 is 9.90 Å². The molecule has 2 aromatic heterocycles. The van der Waals surface area contributed by atoms with Crippen LogP contribution < -0.4 is 5.32 Å². The summed E-state index contributed by atoms with van der Waals surface area (Å²) in [6, 6.07) is 21.3. The van der Waals surface area contributed by atoms with Crippen molar-refractivity contribution in [3.05, 3.63) is 106 Å². The second kappa shape index (κ2) is 11.2. The van der Waals surface area contributed by atoms with Gasteiger partial charge in [-0.25, -0.2) is 14.8 Å². The molecule has 170 valence electrons. The smallest absolute Gasteiger partial charge is 0.335 e. The maximum absolute atomic E-state index is 11.1. The fourth-order valence-corrected chi connectivity index (χ4v) is 4.29. The second-order valence-corrected chi connectivity index (χ2v) is 8.89. The number of aromatic carboxylic acids is 1. The first-order valence-corrected chi connectivity index (χ1v) is 11.4. The molecule has 0 spiro atoms. The van der Waals surface area contributed by atoms with Crippen molar-refractivity contribution in [2.75, 3.05) is 0 Å². The Balaban J connectivity index is 0.00000306. The molecule has 0 saturated heterocycles. The molecular formula is C26H26ClN3O2S. The third-order valence-corrected chi connectivity index (χ3v) is 6.28. The molecule has 0 aliphatic heterocycles. The van der Waals surface area contributed by atoms with E-state index in [4.69, 9.17) is 10.1 Å². The van der Waals surface area contributed by atoms with Crippen molar-refractivity contribution in [1.82, 2.24) is 15.3 Å². The van der Waals surface area contributed by atoms with E-state index < -0.39 is 5.97 Å². The SMILES string of the molecule is CC(C)c1ccc(-c2nccc(C(NCc3ccc(C(=O)O)cc3)c3cccs3)n2)cc1.Cl. The highest BCUT2D eigenvalue weighted by atomic mass is 35.5. The Morgan fingerprint density at radius 2 is 1.76 bits per heavy atom. The Hall–Kier alpha value is -3.06. The summed E-state index contributed by atoms with van der Waals surface area (Å²) in [6.07, 6.45) is 1.80. The molecule has 0 amide bonds. The lowest BCUT2D eigenvalue weighted by Gasteiger charge is -2.18. The Bertz CT molecular complexity index is 1180. The number of nitrogens with one attached hydrogen (secondary N) is 1. The van der Waals surface area contributed by atoms with Crippen LogP contribution in [0, 0.1) is 0 Å². The maximum Gasteiger partial charge on any atom is 0.335 e. The molecule has 0 fully saturated rings. The Kier molecular flexibility index (Phi) is 8.33. The molecule has 2 heterocycles. The van der Waals surface area contributed by atoms with Gasteiger partial charge in [-0.3, -0.25) is 0 Å². The highest BCUT2D eigenvalue weighted by Gasteiger charge is 2.18. The standard InChI is InChI=1S/C26H25N3O2S.ClH/c1-17(2)19-9-11-20(12-10-19)25-27-14-13-22(29-25)24(23-4-3-15-32-23)28-16-18-5-7-21(8-6-18)26(30)31;/h3-15,17,24,28H,16H2,1-2H3,(H,30,31);1H. The Labute approximate surface area is 204 Å². The van der Waals surface area contributed by atoms with E-state index in [1.54, 1.807) is 29.7 Å². The second-order valence-electron chi connectivity index (χ2n) is 7.91. The zero-order chi connectivity index (χ0) is 22.5. The Morgan fingerprint density at radius 3 is 2.36 bits per heavy atom. The molecule has 0 radical (unpaired) electrons. The van der Waals surface area contributed by atoms with Crippen LogP contribution in [0.4, 0.5) is 0 Å². The van der Waals surface area contributed by atoms with Gasteiger partial charge in [-0.15, -0.1) is 23.7 Å². The third-order valence-electron chi connectivity index (χ3n) is 5.35. The van der Waals surface area contributed by atoms with E-state index in [9.17, 15) is 4.79 Å². The van der Waals surface area contributed by atoms with Crippen LogP contribution in [0.5, 0.6) is 0 Å². The molecule has 4 rings (SSSR count). The molecule has 0 aliphatic rings. The molecule has 0 saturated carbocycles. The zero-order valence-electron chi connectivity index (χ0n) is 18.4. The van der Waals surface area contributed by atoms with Crippen LogP contribution in [0.3, 0.4) is 0 Å². The number of rotatable bonds is 8. The molecule has 2 N–H and O–H groups in total. The highest BCUT2D eigenvalue weighted by Crippen LogP contribution is 2.27. The number of aromatic nitrogens is 2. The van der Waals surface area contributed by atoms with Gasteiger partial charge < -0.3 is 10.4 Å². The third kappa shape index (κ3) is 6.05. The van der Waals surface area contributed by atoms with Gasteiger partial charge in [0.1, 0.15) is 0 Å². The van der Waals surface area contributed by atoms with E-state index in [1.807, 2.05) is 24.3 Å². The molecule has 1 unspecified atom stereocenters. The predicted molar refractivity (Wildman–Crippen MR) is 135 cm³/mol. The van der Waals surface area contributed by atoms with Crippen LogP contribution in [0.15, 0.2) is 78.3 Å². The predicted octanol–water partition coefficient (Wildman–Crippen LogP) is 6.33. The summed E-state index contributed by atoms with van der Waals surface area (Å²) in [4.78, 5) is 21.6. The Morgan fingerprint density at radius 1 is 1.03 bits per heavy atom. The average Bonchev–Trinajstić information content (AvgIpc) is 3.34. The number of carboxylic acid groups (broad SMARTS) is 1. The van der Waals surface area contributed by atoms with E-state index in [2.05, 4.69) is 59.9 Å². The molecule has 2 aromatic carbocycles. The molecule has 1 atom stereocenters. The number of halogens is 1. The molecule has 0 aliphatic carbocycles. The van der Waals surface area contributed by atoms with Gasteiger partial charge >= 0.3 is 5.97 Å². The van der Waals surface area contributed by atoms with Crippen molar-refractivity contribution in [3.63, 3.8) is 0 Å². The van der Waals surface area contributed by atoms with Crippen LogP contribution in [-0.2, 0) is 6.54 Å². The van der Waals surface area contributed by atoms with Crippen molar-refractivity contribution in [2.24, 2.45) is 0 Å². The summed E-state index contributed by atoms with van der Waals surface area (Å²) in [7, 11) is 0. The highest BCUT2D eigenvalue weighted by molar-refractivity contribution is 7.10. The minimum absolute atomic E-state index is 0. The summed E-state index contributed by atoms with van der Waals surface area (Å²) in [5.41, 5.74) is 4.47. The van der Waals surface area contributed by atoms with Gasteiger partial charge in [0.15, 0.2) is 5.82 Å². The van der Waals surface area contributed by atoms with Gasteiger partial charge in [-0.05, 0) is 46.7 Å².